The van der Waals surface area contributed by atoms with Crippen molar-refractivity contribution in [1.82, 2.24) is 5.32 Å². The van der Waals surface area contributed by atoms with Gasteiger partial charge in [-0.25, -0.2) is 0 Å². The average Bonchev–Trinajstić information content (AvgIpc) is 2.31. The molecule has 0 fully saturated rings. The molecule has 1 aromatic carbocycles. The maximum atomic E-state index is 11.3. The van der Waals surface area contributed by atoms with Gasteiger partial charge in [0.2, 0.25) is 0 Å². The third-order valence-electron chi connectivity index (χ3n) is 2.36. The molecule has 4 heteroatoms. The van der Waals surface area contributed by atoms with Crippen molar-refractivity contribution in [3.05, 3.63) is 34.3 Å². The largest absolute Gasteiger partial charge is 0.468 e. The molecule has 0 radical (unpaired) electrons. The minimum atomic E-state index is -0.228. The molecule has 3 nitrogen and oxygen atoms in total. The minimum absolute atomic E-state index is 0.209. The highest BCUT2D eigenvalue weighted by Crippen LogP contribution is 2.10. The van der Waals surface area contributed by atoms with Gasteiger partial charge in [0.05, 0.1) is 7.11 Å². The molecule has 0 spiro atoms. The lowest BCUT2D eigenvalue weighted by Crippen LogP contribution is -2.36. The van der Waals surface area contributed by atoms with Crippen molar-refractivity contribution in [2.45, 2.75) is 25.9 Å². The molecule has 1 aromatic rings. The SMILES string of the molecule is CCC(NCc1ccc(Br)cc1)C(=O)OC. The van der Waals surface area contributed by atoms with Gasteiger partial charge in [0.25, 0.3) is 0 Å². The summed E-state index contributed by atoms with van der Waals surface area (Å²) in [6.07, 6.45) is 0.725. The number of hydrogen-bond donors (Lipinski definition) is 1. The monoisotopic (exact) mass is 285 g/mol. The fraction of sp³-hybridized carbons (Fsp3) is 0.417. The Labute approximate surface area is 104 Å². The van der Waals surface area contributed by atoms with E-state index in [2.05, 4.69) is 21.2 Å². The summed E-state index contributed by atoms with van der Waals surface area (Å²) in [5, 5.41) is 3.17. The fourth-order valence-electron chi connectivity index (χ4n) is 1.38. The zero-order valence-electron chi connectivity index (χ0n) is 9.50. The first-order valence-electron chi connectivity index (χ1n) is 5.23. The summed E-state index contributed by atoms with van der Waals surface area (Å²) in [4.78, 5) is 11.3. The normalized spacial score (nSPS) is 12.2. The molecule has 16 heavy (non-hydrogen) atoms. The van der Waals surface area contributed by atoms with Gasteiger partial charge in [-0.05, 0) is 24.1 Å². The molecule has 0 amide bonds. The Morgan fingerprint density at radius 1 is 1.44 bits per heavy atom. The van der Waals surface area contributed by atoms with E-state index in [0.29, 0.717) is 6.54 Å². The summed E-state index contributed by atoms with van der Waals surface area (Å²) in [6, 6.07) is 7.77. The number of esters is 1. The first kappa shape index (κ1) is 13.2. The topological polar surface area (TPSA) is 38.3 Å². The quantitative estimate of drug-likeness (QED) is 0.845. The maximum Gasteiger partial charge on any atom is 0.322 e. The van der Waals surface area contributed by atoms with Crippen molar-refractivity contribution < 1.29 is 9.53 Å². The molecule has 1 rings (SSSR count). The van der Waals surface area contributed by atoms with E-state index in [-0.39, 0.29) is 12.0 Å². The van der Waals surface area contributed by atoms with Crippen LogP contribution in [0.25, 0.3) is 0 Å². The van der Waals surface area contributed by atoms with Gasteiger partial charge in [0.1, 0.15) is 6.04 Å². The second-order valence-electron chi connectivity index (χ2n) is 3.49. The minimum Gasteiger partial charge on any atom is -0.468 e. The molecule has 0 bridgehead atoms. The van der Waals surface area contributed by atoms with Crippen LogP contribution in [0.1, 0.15) is 18.9 Å². The molecule has 0 aliphatic carbocycles. The predicted molar refractivity (Wildman–Crippen MR) is 67.1 cm³/mol. The summed E-state index contributed by atoms with van der Waals surface area (Å²) in [7, 11) is 1.41. The second kappa shape index (κ2) is 6.66. The van der Waals surface area contributed by atoms with Gasteiger partial charge in [-0.2, -0.15) is 0 Å². The Morgan fingerprint density at radius 3 is 2.56 bits per heavy atom. The summed E-state index contributed by atoms with van der Waals surface area (Å²) >= 11 is 3.38. The van der Waals surface area contributed by atoms with Crippen molar-refractivity contribution in [1.29, 1.82) is 0 Å². The highest BCUT2D eigenvalue weighted by Gasteiger charge is 2.15. The standard InChI is InChI=1S/C12H16BrNO2/c1-3-11(12(15)16-2)14-8-9-4-6-10(13)7-5-9/h4-7,11,14H,3,8H2,1-2H3. The smallest absolute Gasteiger partial charge is 0.322 e. The van der Waals surface area contributed by atoms with Crippen LogP contribution >= 0.6 is 15.9 Å². The van der Waals surface area contributed by atoms with E-state index in [0.717, 1.165) is 16.5 Å². The number of carbonyl (C=O) groups excluding carboxylic acids is 1. The maximum absolute atomic E-state index is 11.3. The fourth-order valence-corrected chi connectivity index (χ4v) is 1.64. The van der Waals surface area contributed by atoms with Gasteiger partial charge in [0, 0.05) is 11.0 Å². The average molecular weight is 286 g/mol. The van der Waals surface area contributed by atoms with Crippen LogP contribution in [0.5, 0.6) is 0 Å². The molecule has 88 valence electrons. The highest BCUT2D eigenvalue weighted by atomic mass is 79.9. The lowest BCUT2D eigenvalue weighted by Gasteiger charge is -2.14. The lowest BCUT2D eigenvalue weighted by atomic mass is 10.2. The van der Waals surface area contributed by atoms with Gasteiger partial charge in [-0.1, -0.05) is 35.0 Å². The Balaban J connectivity index is 2.49. The van der Waals surface area contributed by atoms with E-state index in [1.807, 2.05) is 31.2 Å². The Kier molecular flexibility index (Phi) is 5.49. The van der Waals surface area contributed by atoms with Crippen LogP contribution in [0.2, 0.25) is 0 Å². The molecular formula is C12H16BrNO2. The number of rotatable bonds is 5. The molecule has 0 heterocycles. The van der Waals surface area contributed by atoms with Crippen molar-refractivity contribution in [3.63, 3.8) is 0 Å². The van der Waals surface area contributed by atoms with Crippen LogP contribution in [0.4, 0.5) is 0 Å². The van der Waals surface area contributed by atoms with Crippen LogP contribution in [-0.4, -0.2) is 19.1 Å². The van der Waals surface area contributed by atoms with Gasteiger partial charge < -0.3 is 10.1 Å². The summed E-state index contributed by atoms with van der Waals surface area (Å²) in [5.74, 6) is -0.209. The van der Waals surface area contributed by atoms with E-state index < -0.39 is 0 Å². The zero-order chi connectivity index (χ0) is 12.0. The number of halogens is 1. The second-order valence-corrected chi connectivity index (χ2v) is 4.41. The predicted octanol–water partition coefficient (Wildman–Crippen LogP) is 2.49. The number of ether oxygens (including phenoxy) is 1. The van der Waals surface area contributed by atoms with E-state index in [9.17, 15) is 4.79 Å². The molecule has 1 N–H and O–H groups in total. The molecule has 1 unspecified atom stereocenters. The van der Waals surface area contributed by atoms with Crippen LogP contribution in [0.15, 0.2) is 28.7 Å². The number of nitrogens with one attached hydrogen (secondary N) is 1. The third kappa shape index (κ3) is 3.94. The van der Waals surface area contributed by atoms with Gasteiger partial charge in [-0.3, -0.25) is 4.79 Å². The zero-order valence-corrected chi connectivity index (χ0v) is 11.1. The van der Waals surface area contributed by atoms with Crippen molar-refractivity contribution in [2.75, 3.05) is 7.11 Å². The van der Waals surface area contributed by atoms with Crippen molar-refractivity contribution in [3.8, 4) is 0 Å². The first-order chi connectivity index (χ1) is 7.67. The van der Waals surface area contributed by atoms with Crippen LogP contribution in [0.3, 0.4) is 0 Å². The number of methoxy groups -OCH3 is 1. The number of hydrogen-bond acceptors (Lipinski definition) is 3. The van der Waals surface area contributed by atoms with Crippen LogP contribution < -0.4 is 5.32 Å². The van der Waals surface area contributed by atoms with Crippen LogP contribution in [-0.2, 0) is 16.1 Å². The summed E-state index contributed by atoms with van der Waals surface area (Å²) in [5.41, 5.74) is 1.14. The van der Waals surface area contributed by atoms with E-state index in [4.69, 9.17) is 4.74 Å². The van der Waals surface area contributed by atoms with E-state index in [1.54, 1.807) is 0 Å². The van der Waals surface area contributed by atoms with E-state index >= 15 is 0 Å². The van der Waals surface area contributed by atoms with Gasteiger partial charge in [-0.15, -0.1) is 0 Å². The molecule has 0 aliphatic heterocycles. The Morgan fingerprint density at radius 2 is 2.06 bits per heavy atom. The van der Waals surface area contributed by atoms with Crippen LogP contribution in [0, 0.1) is 0 Å². The lowest BCUT2D eigenvalue weighted by molar-refractivity contribution is -0.143. The van der Waals surface area contributed by atoms with Gasteiger partial charge >= 0.3 is 5.97 Å². The molecule has 0 aliphatic rings. The molecule has 0 saturated carbocycles. The highest BCUT2D eigenvalue weighted by molar-refractivity contribution is 9.10. The summed E-state index contributed by atoms with van der Waals surface area (Å²) in [6.45, 7) is 2.62. The number of benzene rings is 1. The van der Waals surface area contributed by atoms with E-state index in [1.165, 1.54) is 7.11 Å². The molecule has 1 atom stereocenters. The van der Waals surface area contributed by atoms with Crippen molar-refractivity contribution >= 4 is 21.9 Å². The Hall–Kier alpha value is -0.870. The summed E-state index contributed by atoms with van der Waals surface area (Å²) < 4.78 is 5.75. The van der Waals surface area contributed by atoms with Gasteiger partial charge in [0.15, 0.2) is 0 Å². The molecular weight excluding hydrogens is 270 g/mol. The third-order valence-corrected chi connectivity index (χ3v) is 2.89. The molecule has 0 aromatic heterocycles. The Bertz CT molecular complexity index is 337. The molecule has 0 saturated heterocycles. The number of carbonyl (C=O) groups is 1. The first-order valence-corrected chi connectivity index (χ1v) is 6.02. The van der Waals surface area contributed by atoms with Crippen molar-refractivity contribution in [2.24, 2.45) is 0 Å².